The number of allylic oxidation sites excluding steroid dienone is 6. The molecule has 34 heavy (non-hydrogen) atoms. The molecule has 3 rings (SSSR count). The minimum Gasteiger partial charge on any atom is -0.373 e. The van der Waals surface area contributed by atoms with Crippen LogP contribution in [0.1, 0.15) is 116 Å². The Morgan fingerprint density at radius 2 is 1.18 bits per heavy atom. The molecule has 0 aromatic heterocycles. The molecule has 190 valence electrons. The van der Waals surface area contributed by atoms with E-state index in [2.05, 4.69) is 58.7 Å². The molecule has 4 bridgehead atoms. The van der Waals surface area contributed by atoms with Crippen molar-refractivity contribution < 1.29 is 0 Å². The fourth-order valence-corrected chi connectivity index (χ4v) is 5.44. The molecule has 0 saturated carbocycles. The molecule has 0 aromatic rings. The number of hydrogen-bond donors (Lipinski definition) is 0. The molecule has 0 amide bonds. The Kier molecular flexibility index (Phi) is 14.0. The second-order valence-corrected chi connectivity index (χ2v) is 10.7. The molecule has 2 heteroatoms. The van der Waals surface area contributed by atoms with Gasteiger partial charge in [0.15, 0.2) is 0 Å². The van der Waals surface area contributed by atoms with Gasteiger partial charge in [0.05, 0.1) is 0 Å². The van der Waals surface area contributed by atoms with Crippen LogP contribution in [0.2, 0.25) is 0 Å². The van der Waals surface area contributed by atoms with E-state index in [9.17, 15) is 0 Å². The molecule has 0 atom stereocenters. The Balaban J connectivity index is 1.37. The lowest BCUT2D eigenvalue weighted by Gasteiger charge is -2.24. The van der Waals surface area contributed by atoms with Crippen LogP contribution in [0.4, 0.5) is 0 Å². The number of hydrogen-bond acceptors (Lipinski definition) is 2. The summed E-state index contributed by atoms with van der Waals surface area (Å²) >= 11 is 0. The first-order valence-corrected chi connectivity index (χ1v) is 14.8. The first-order chi connectivity index (χ1) is 16.9. The quantitative estimate of drug-likeness (QED) is 0.330. The van der Waals surface area contributed by atoms with E-state index in [0.29, 0.717) is 0 Å². The second-order valence-electron chi connectivity index (χ2n) is 10.7. The van der Waals surface area contributed by atoms with E-state index in [4.69, 9.17) is 0 Å². The Labute approximate surface area is 211 Å². The zero-order valence-electron chi connectivity index (χ0n) is 22.1. The van der Waals surface area contributed by atoms with Crippen LogP contribution in [0, 0.1) is 0 Å². The fourth-order valence-electron chi connectivity index (χ4n) is 5.44. The summed E-state index contributed by atoms with van der Waals surface area (Å²) in [6.07, 6.45) is 43.3. The van der Waals surface area contributed by atoms with Gasteiger partial charge >= 0.3 is 0 Å². The standard InChI is InChI=1S/C32H52N2/c1-2-5-9-13-17-25-33-27-20-24-32(30-33)22-16-12-8-4-6-10-14-18-26-34-28-19-23-31(29-34)21-15-11-7-3-1/h1,3,19-20,23-24,28,30H,2,4-18,21-22,25-27,29H2. The van der Waals surface area contributed by atoms with Gasteiger partial charge in [0.1, 0.15) is 0 Å². The fraction of sp³-hybridized carbons (Fsp3) is 0.688. The summed E-state index contributed by atoms with van der Waals surface area (Å²) in [6.45, 7) is 4.73. The zero-order valence-corrected chi connectivity index (χ0v) is 22.1. The highest BCUT2D eigenvalue weighted by Crippen LogP contribution is 2.19. The van der Waals surface area contributed by atoms with E-state index in [0.717, 1.165) is 13.1 Å². The van der Waals surface area contributed by atoms with Crippen molar-refractivity contribution in [3.8, 4) is 0 Å². The summed E-state index contributed by atoms with van der Waals surface area (Å²) in [5.41, 5.74) is 3.18. The summed E-state index contributed by atoms with van der Waals surface area (Å²) in [5, 5.41) is 0. The van der Waals surface area contributed by atoms with Gasteiger partial charge in [0.25, 0.3) is 0 Å². The predicted molar refractivity (Wildman–Crippen MR) is 150 cm³/mol. The summed E-state index contributed by atoms with van der Waals surface area (Å²) in [4.78, 5) is 5.08. The van der Waals surface area contributed by atoms with E-state index < -0.39 is 0 Å². The third-order valence-electron chi connectivity index (χ3n) is 7.57. The van der Waals surface area contributed by atoms with Crippen molar-refractivity contribution in [2.75, 3.05) is 26.2 Å². The largest absolute Gasteiger partial charge is 0.373 e. The van der Waals surface area contributed by atoms with E-state index >= 15 is 0 Å². The third-order valence-corrected chi connectivity index (χ3v) is 7.57. The first kappa shape index (κ1) is 26.9. The van der Waals surface area contributed by atoms with Crippen LogP contribution in [-0.2, 0) is 0 Å². The Bertz CT molecular complexity index is 681. The van der Waals surface area contributed by atoms with Gasteiger partial charge in [-0.05, 0) is 82.1 Å². The minimum absolute atomic E-state index is 1.11. The Morgan fingerprint density at radius 1 is 0.559 bits per heavy atom. The van der Waals surface area contributed by atoms with Gasteiger partial charge in [0.2, 0.25) is 0 Å². The lowest BCUT2D eigenvalue weighted by Crippen LogP contribution is -2.23. The van der Waals surface area contributed by atoms with E-state index in [1.165, 1.54) is 129 Å². The third kappa shape index (κ3) is 12.1. The topological polar surface area (TPSA) is 6.48 Å². The van der Waals surface area contributed by atoms with Crippen LogP contribution < -0.4 is 0 Å². The van der Waals surface area contributed by atoms with Gasteiger partial charge in [0, 0.05) is 32.4 Å². The molecule has 3 heterocycles. The molecule has 0 N–H and O–H groups in total. The summed E-state index contributed by atoms with van der Waals surface area (Å²) in [7, 11) is 0. The SMILES string of the molecule is C1=CN2CCCCCCCCCCC3=CN(CC=C3)CCCCCCC=CCCCCC(=C1)C2. The molecule has 0 saturated heterocycles. The molecule has 0 aliphatic carbocycles. The number of nitrogens with zero attached hydrogens (tertiary/aromatic N) is 2. The number of rotatable bonds is 0. The van der Waals surface area contributed by atoms with E-state index in [-0.39, 0.29) is 0 Å². The van der Waals surface area contributed by atoms with Gasteiger partial charge in [-0.2, -0.15) is 0 Å². The Hall–Kier alpha value is -1.70. The van der Waals surface area contributed by atoms with Crippen LogP contribution >= 0.6 is 0 Å². The van der Waals surface area contributed by atoms with E-state index in [1.54, 1.807) is 11.1 Å². The molecule has 0 fully saturated rings. The van der Waals surface area contributed by atoms with Crippen LogP contribution in [0.3, 0.4) is 0 Å². The Morgan fingerprint density at radius 3 is 1.97 bits per heavy atom. The zero-order chi connectivity index (χ0) is 23.5. The molecule has 0 spiro atoms. The summed E-state index contributed by atoms with van der Waals surface area (Å²) < 4.78 is 0. The monoisotopic (exact) mass is 464 g/mol. The molecular weight excluding hydrogens is 412 g/mol. The summed E-state index contributed by atoms with van der Waals surface area (Å²) in [6, 6.07) is 0. The van der Waals surface area contributed by atoms with Crippen LogP contribution in [-0.4, -0.2) is 36.0 Å². The van der Waals surface area contributed by atoms with Crippen molar-refractivity contribution in [2.24, 2.45) is 0 Å². The molecule has 0 radical (unpaired) electrons. The molecule has 2 nitrogen and oxygen atoms in total. The predicted octanol–water partition coefficient (Wildman–Crippen LogP) is 9.09. The highest BCUT2D eigenvalue weighted by Gasteiger charge is 2.08. The number of fused-ring (bicyclic) bond motifs is 3. The molecule has 0 aromatic carbocycles. The van der Waals surface area contributed by atoms with Crippen LogP contribution in [0.25, 0.3) is 0 Å². The van der Waals surface area contributed by atoms with Crippen molar-refractivity contribution in [2.45, 2.75) is 116 Å². The lowest BCUT2D eigenvalue weighted by molar-refractivity contribution is 0.378. The maximum Gasteiger partial charge on any atom is 0.0386 e. The summed E-state index contributed by atoms with van der Waals surface area (Å²) in [5.74, 6) is 0. The van der Waals surface area contributed by atoms with Gasteiger partial charge in [-0.3, -0.25) is 0 Å². The highest BCUT2D eigenvalue weighted by molar-refractivity contribution is 5.22. The maximum absolute atomic E-state index is 2.54. The molecular formula is C32H52N2. The van der Waals surface area contributed by atoms with Gasteiger partial charge in [-0.25, -0.2) is 0 Å². The second kappa shape index (κ2) is 17.7. The van der Waals surface area contributed by atoms with Crippen molar-refractivity contribution in [1.29, 1.82) is 0 Å². The molecule has 3 aliphatic heterocycles. The normalized spacial score (nSPS) is 23.5. The van der Waals surface area contributed by atoms with Crippen molar-refractivity contribution in [3.63, 3.8) is 0 Å². The molecule has 3 aliphatic rings. The first-order valence-electron chi connectivity index (χ1n) is 14.8. The maximum atomic E-state index is 2.54. The van der Waals surface area contributed by atoms with Gasteiger partial charge in [-0.15, -0.1) is 0 Å². The molecule has 0 unspecified atom stereocenters. The lowest BCUT2D eigenvalue weighted by atomic mass is 10.0. The van der Waals surface area contributed by atoms with Gasteiger partial charge < -0.3 is 9.80 Å². The van der Waals surface area contributed by atoms with Crippen molar-refractivity contribution in [1.82, 2.24) is 9.80 Å². The van der Waals surface area contributed by atoms with Crippen LogP contribution in [0.15, 0.2) is 60.0 Å². The van der Waals surface area contributed by atoms with Crippen molar-refractivity contribution >= 4 is 0 Å². The highest BCUT2D eigenvalue weighted by atomic mass is 15.1. The van der Waals surface area contributed by atoms with Crippen molar-refractivity contribution in [3.05, 3.63) is 60.0 Å². The minimum atomic E-state index is 1.11. The van der Waals surface area contributed by atoms with Gasteiger partial charge in [-0.1, -0.05) is 87.3 Å². The average molecular weight is 465 g/mol. The van der Waals surface area contributed by atoms with Crippen LogP contribution in [0.5, 0.6) is 0 Å². The van der Waals surface area contributed by atoms with E-state index in [1.807, 2.05) is 0 Å². The average Bonchev–Trinajstić information content (AvgIpc) is 2.86. The smallest absolute Gasteiger partial charge is 0.0386 e.